The number of furan rings is 1. The lowest BCUT2D eigenvalue weighted by Crippen LogP contribution is -1.90. The average molecular weight is 508 g/mol. The van der Waals surface area contributed by atoms with Crippen molar-refractivity contribution < 1.29 is 19.5 Å². The Hall–Kier alpha value is -5.14. The van der Waals surface area contributed by atoms with E-state index in [-0.39, 0.29) is 39.1 Å². The van der Waals surface area contributed by atoms with Crippen molar-refractivity contribution in [3.63, 3.8) is 0 Å². The van der Waals surface area contributed by atoms with E-state index >= 15 is 0 Å². The summed E-state index contributed by atoms with van der Waals surface area (Å²) in [4.78, 5) is 0. The molecule has 7 aromatic carbocycles. The second-order valence-electron chi connectivity index (χ2n) is 9.22. The summed E-state index contributed by atoms with van der Waals surface area (Å²) in [6.07, 6.45) is 0. The first-order valence-electron chi connectivity index (χ1n) is 18.0. The molecule has 1 aromatic heterocycles. The fraction of sp³-hybridized carbons (Fsp3) is 0. The van der Waals surface area contributed by atoms with Gasteiger partial charge in [0.1, 0.15) is 11.2 Å². The van der Waals surface area contributed by atoms with E-state index in [1.807, 2.05) is 78.9 Å². The van der Waals surface area contributed by atoms with Crippen LogP contribution in [-0.4, -0.2) is 0 Å². The van der Waals surface area contributed by atoms with E-state index in [0.717, 1.165) is 32.7 Å². The fourth-order valence-corrected chi connectivity index (χ4v) is 5.41. The van der Waals surface area contributed by atoms with Crippen LogP contribution < -0.4 is 0 Å². The normalized spacial score (nSPS) is 15.5. The van der Waals surface area contributed by atoms with Gasteiger partial charge in [-0.05, 0) is 55.9 Å². The molecule has 0 bridgehead atoms. The van der Waals surface area contributed by atoms with Crippen LogP contribution in [0.4, 0.5) is 0 Å². The fourth-order valence-electron chi connectivity index (χ4n) is 5.41. The second kappa shape index (κ2) is 8.72. The van der Waals surface area contributed by atoms with Gasteiger partial charge >= 0.3 is 0 Å². The summed E-state index contributed by atoms with van der Waals surface area (Å²) >= 11 is 0. The minimum absolute atomic E-state index is 0.0200. The van der Waals surface area contributed by atoms with Crippen LogP contribution in [0.5, 0.6) is 0 Å². The topological polar surface area (TPSA) is 13.1 Å². The van der Waals surface area contributed by atoms with Crippen molar-refractivity contribution in [3.8, 4) is 33.4 Å². The highest BCUT2D eigenvalue weighted by molar-refractivity contribution is 6.24. The molecule has 0 fully saturated rings. The maximum atomic E-state index is 9.29. The zero-order valence-corrected chi connectivity index (χ0v) is 20.4. The van der Waals surface area contributed by atoms with Gasteiger partial charge in [-0.3, -0.25) is 0 Å². The molecule has 0 atom stereocenters. The number of fused-ring (bicyclic) bond motifs is 5. The van der Waals surface area contributed by atoms with E-state index in [2.05, 4.69) is 0 Å². The molecule has 1 heteroatoms. The van der Waals surface area contributed by atoms with Crippen molar-refractivity contribution in [2.24, 2.45) is 0 Å². The Kier molecular flexibility index (Phi) is 3.04. The van der Waals surface area contributed by atoms with Crippen molar-refractivity contribution in [1.82, 2.24) is 0 Å². The molecule has 39 heavy (non-hydrogen) atoms. The standard InChI is InChI=1S/C38H24O/c1-3-12-25(13-4-1)27-22-23-35-34(24-27)32-20-11-21-33(38(32)39-35)37-30-18-9-7-16-28(30)36(26-14-5-2-6-15-26)29-17-8-10-19-31(29)37/h1-24H/i1D,3D,4D,11D,12D,13D,20D,21D,22D,23D,24D. The molecule has 0 aliphatic carbocycles. The molecule has 0 aliphatic heterocycles. The molecule has 8 rings (SSSR count). The lowest BCUT2D eigenvalue weighted by atomic mass is 9.85. The highest BCUT2D eigenvalue weighted by Gasteiger charge is 2.20. The summed E-state index contributed by atoms with van der Waals surface area (Å²) in [6, 6.07) is 19.3. The molecule has 1 nitrogen and oxygen atoms in total. The van der Waals surface area contributed by atoms with Crippen molar-refractivity contribution in [2.75, 3.05) is 0 Å². The van der Waals surface area contributed by atoms with Gasteiger partial charge in [0.25, 0.3) is 0 Å². The number of para-hydroxylation sites is 1. The summed E-state index contributed by atoms with van der Waals surface area (Å²) in [5, 5.41) is 3.08. The summed E-state index contributed by atoms with van der Waals surface area (Å²) in [7, 11) is 0. The Morgan fingerprint density at radius 3 is 1.77 bits per heavy atom. The summed E-state index contributed by atoms with van der Waals surface area (Å²) in [5.41, 5.74) is 1.64. The van der Waals surface area contributed by atoms with Gasteiger partial charge in [0, 0.05) is 21.9 Å². The first-order chi connectivity index (χ1) is 24.0. The Labute approximate surface area is 242 Å². The van der Waals surface area contributed by atoms with Crippen LogP contribution in [0.3, 0.4) is 0 Å². The van der Waals surface area contributed by atoms with E-state index in [9.17, 15) is 2.74 Å². The van der Waals surface area contributed by atoms with Crippen LogP contribution in [-0.2, 0) is 0 Å². The summed E-state index contributed by atoms with van der Waals surface area (Å²) < 4.78 is 102. The highest BCUT2D eigenvalue weighted by Crippen LogP contribution is 2.46. The summed E-state index contributed by atoms with van der Waals surface area (Å²) in [6.45, 7) is 0. The van der Waals surface area contributed by atoms with Gasteiger partial charge in [-0.25, -0.2) is 0 Å². The number of benzene rings is 7. The first-order valence-corrected chi connectivity index (χ1v) is 12.5. The molecule has 0 amide bonds. The van der Waals surface area contributed by atoms with Gasteiger partial charge in [-0.15, -0.1) is 0 Å². The Morgan fingerprint density at radius 2 is 1.08 bits per heavy atom. The van der Waals surface area contributed by atoms with Crippen molar-refractivity contribution in [3.05, 3.63) is 145 Å². The van der Waals surface area contributed by atoms with Crippen LogP contribution in [0.25, 0.3) is 76.9 Å². The molecule has 0 unspecified atom stereocenters. The van der Waals surface area contributed by atoms with Gasteiger partial charge in [-0.1, -0.05) is 133 Å². The molecule has 0 saturated heterocycles. The van der Waals surface area contributed by atoms with Crippen molar-refractivity contribution in [1.29, 1.82) is 0 Å². The molecule has 1 heterocycles. The van der Waals surface area contributed by atoms with Crippen molar-refractivity contribution >= 4 is 43.5 Å². The lowest BCUT2D eigenvalue weighted by molar-refractivity contribution is 0.670. The quantitative estimate of drug-likeness (QED) is 0.217. The number of rotatable bonds is 3. The monoisotopic (exact) mass is 507 g/mol. The Balaban J connectivity index is 1.58. The van der Waals surface area contributed by atoms with E-state index in [0.29, 0.717) is 5.56 Å². The molecule has 8 aromatic rings. The number of hydrogen-bond donors (Lipinski definition) is 0. The molecule has 0 radical (unpaired) electrons. The van der Waals surface area contributed by atoms with E-state index < -0.39 is 66.0 Å². The van der Waals surface area contributed by atoms with Crippen molar-refractivity contribution in [2.45, 2.75) is 0 Å². The zero-order chi connectivity index (χ0) is 35.3. The average Bonchev–Trinajstić information content (AvgIpc) is 3.53. The molecule has 0 N–H and O–H groups in total. The second-order valence-corrected chi connectivity index (χ2v) is 9.22. The molecule has 0 aliphatic rings. The largest absolute Gasteiger partial charge is 0.455 e. The van der Waals surface area contributed by atoms with E-state index in [1.165, 1.54) is 0 Å². The van der Waals surface area contributed by atoms with Crippen LogP contribution in [0, 0.1) is 0 Å². The SMILES string of the molecule is [2H]c1c([2H])c([2H])c(-c2c([2H])c([2H])c3oc4c(-c5c6ccccc6c(-c6ccccc6)c6ccccc56)c([2H])c([2H])c([2H])c4c3c2[2H])c([2H])c1[2H]. The van der Waals surface area contributed by atoms with Gasteiger partial charge in [0.05, 0.1) is 15.1 Å². The third-order valence-electron chi connectivity index (χ3n) is 7.06. The van der Waals surface area contributed by atoms with Gasteiger partial charge in [-0.2, -0.15) is 0 Å². The van der Waals surface area contributed by atoms with Crippen LogP contribution in [0.2, 0.25) is 0 Å². The molecule has 182 valence electrons. The molecular weight excluding hydrogens is 472 g/mol. The van der Waals surface area contributed by atoms with Crippen LogP contribution in [0.1, 0.15) is 15.1 Å². The van der Waals surface area contributed by atoms with E-state index in [4.69, 9.17) is 16.8 Å². The third kappa shape index (κ3) is 3.41. The third-order valence-corrected chi connectivity index (χ3v) is 7.06. The van der Waals surface area contributed by atoms with E-state index in [1.54, 1.807) is 0 Å². The van der Waals surface area contributed by atoms with Gasteiger partial charge < -0.3 is 4.42 Å². The minimum Gasteiger partial charge on any atom is -0.455 e. The van der Waals surface area contributed by atoms with Crippen LogP contribution >= 0.6 is 0 Å². The molecule has 0 spiro atoms. The minimum atomic E-state index is -0.656. The maximum Gasteiger partial charge on any atom is 0.143 e. The molecular formula is C38H24O. The lowest BCUT2D eigenvalue weighted by Gasteiger charge is -2.17. The predicted octanol–water partition coefficient (Wildman–Crippen LogP) is 10.9. The maximum absolute atomic E-state index is 9.29. The van der Waals surface area contributed by atoms with Gasteiger partial charge in [0.2, 0.25) is 0 Å². The Morgan fingerprint density at radius 1 is 0.436 bits per heavy atom. The number of hydrogen-bond acceptors (Lipinski definition) is 1. The Bertz CT molecular complexity index is 2680. The zero-order valence-electron chi connectivity index (χ0n) is 31.4. The first kappa shape index (κ1) is 13.6. The molecule has 0 saturated carbocycles. The highest BCUT2D eigenvalue weighted by atomic mass is 16.3. The smallest absolute Gasteiger partial charge is 0.143 e. The van der Waals surface area contributed by atoms with Gasteiger partial charge in [0.15, 0.2) is 0 Å². The predicted molar refractivity (Wildman–Crippen MR) is 165 cm³/mol. The summed E-state index contributed by atoms with van der Waals surface area (Å²) in [5.74, 6) is 0. The van der Waals surface area contributed by atoms with Crippen LogP contribution in [0.15, 0.2) is 150 Å².